The van der Waals surface area contributed by atoms with Crippen LogP contribution < -0.4 is 14.8 Å². The first kappa shape index (κ1) is 17.7. The van der Waals surface area contributed by atoms with Crippen molar-refractivity contribution in [2.75, 3.05) is 20.3 Å². The Morgan fingerprint density at radius 1 is 1.04 bits per heavy atom. The van der Waals surface area contributed by atoms with E-state index in [1.54, 1.807) is 0 Å². The molecule has 1 unspecified atom stereocenters. The fourth-order valence-corrected chi connectivity index (χ4v) is 2.45. The maximum Gasteiger partial charge on any atom is 0.407 e. The molecule has 2 rings (SSSR count). The molecular weight excluding hydrogens is 306 g/mol. The first-order valence-electron chi connectivity index (χ1n) is 7.98. The van der Waals surface area contributed by atoms with Crippen molar-refractivity contribution in [1.82, 2.24) is 5.32 Å². The van der Waals surface area contributed by atoms with Gasteiger partial charge in [0, 0.05) is 11.6 Å². The molecule has 0 aliphatic heterocycles. The molecule has 1 amide bonds. The van der Waals surface area contributed by atoms with Crippen LogP contribution in [-0.2, 0) is 4.74 Å². The van der Waals surface area contributed by atoms with Crippen molar-refractivity contribution in [3.63, 3.8) is 0 Å². The van der Waals surface area contributed by atoms with E-state index in [4.69, 9.17) is 14.2 Å². The Labute approximate surface area is 142 Å². The van der Waals surface area contributed by atoms with Gasteiger partial charge in [0.25, 0.3) is 0 Å². The summed E-state index contributed by atoms with van der Waals surface area (Å²) in [5.74, 6) is 1.41. The van der Waals surface area contributed by atoms with Gasteiger partial charge in [-0.3, -0.25) is 0 Å². The van der Waals surface area contributed by atoms with Crippen LogP contribution in [-0.4, -0.2) is 26.4 Å². The van der Waals surface area contributed by atoms with Gasteiger partial charge in [-0.15, -0.1) is 0 Å². The average Bonchev–Trinajstić information content (AvgIpc) is 2.61. The molecular formula is C19H23NO4. The average molecular weight is 329 g/mol. The molecule has 0 aliphatic carbocycles. The van der Waals surface area contributed by atoms with Crippen LogP contribution in [0.15, 0.2) is 48.5 Å². The summed E-state index contributed by atoms with van der Waals surface area (Å²) in [6.07, 6.45) is -0.500. The molecule has 0 heterocycles. The van der Waals surface area contributed by atoms with E-state index in [1.807, 2.05) is 62.4 Å². The number of alkyl carbamates (subject to hydrolysis) is 1. The third-order valence-corrected chi connectivity index (χ3v) is 3.49. The predicted molar refractivity (Wildman–Crippen MR) is 92.6 cm³/mol. The number of hydrogen-bond donors (Lipinski definition) is 1. The molecule has 0 bridgehead atoms. The van der Waals surface area contributed by atoms with Crippen LogP contribution >= 0.6 is 0 Å². The van der Waals surface area contributed by atoms with Gasteiger partial charge in [0.1, 0.15) is 11.5 Å². The fourth-order valence-electron chi connectivity index (χ4n) is 2.45. The summed E-state index contributed by atoms with van der Waals surface area (Å²) >= 11 is 0. The third kappa shape index (κ3) is 4.41. The van der Waals surface area contributed by atoms with Gasteiger partial charge < -0.3 is 19.5 Å². The van der Waals surface area contributed by atoms with Crippen LogP contribution in [0.2, 0.25) is 0 Å². The summed E-state index contributed by atoms with van der Waals surface area (Å²) in [5, 5.41) is 2.87. The largest absolute Gasteiger partial charge is 0.494 e. The molecule has 5 heteroatoms. The molecule has 24 heavy (non-hydrogen) atoms. The Bertz CT molecular complexity index is 658. The summed E-state index contributed by atoms with van der Waals surface area (Å²) in [6, 6.07) is 14.9. The first-order chi connectivity index (χ1) is 11.7. The number of hydrogen-bond acceptors (Lipinski definition) is 4. The minimum Gasteiger partial charge on any atom is -0.494 e. The van der Waals surface area contributed by atoms with Crippen molar-refractivity contribution < 1.29 is 19.0 Å². The number of methoxy groups -OCH3 is 1. The Morgan fingerprint density at radius 3 is 2.38 bits per heavy atom. The molecule has 1 N–H and O–H groups in total. The van der Waals surface area contributed by atoms with E-state index in [0.29, 0.717) is 19.0 Å². The maximum atomic E-state index is 11.8. The smallest absolute Gasteiger partial charge is 0.407 e. The van der Waals surface area contributed by atoms with Gasteiger partial charge in [-0.05, 0) is 31.5 Å². The highest BCUT2D eigenvalue weighted by atomic mass is 16.5. The molecule has 0 fully saturated rings. The van der Waals surface area contributed by atoms with Crippen LogP contribution in [0, 0.1) is 0 Å². The van der Waals surface area contributed by atoms with Crippen LogP contribution in [0.3, 0.4) is 0 Å². The zero-order chi connectivity index (χ0) is 17.4. The lowest BCUT2D eigenvalue weighted by Crippen LogP contribution is -2.29. The fraction of sp³-hybridized carbons (Fsp3) is 0.316. The molecule has 5 nitrogen and oxygen atoms in total. The Hall–Kier alpha value is -2.69. The topological polar surface area (TPSA) is 56.8 Å². The van der Waals surface area contributed by atoms with Crippen LogP contribution in [0.25, 0.3) is 0 Å². The SMILES string of the molecule is CCOc1ccc(C(NC(=O)OC)c2ccccc2)c(OCC)c1. The highest BCUT2D eigenvalue weighted by Gasteiger charge is 2.21. The number of carbonyl (C=O) groups excluding carboxylic acids is 1. The number of carbonyl (C=O) groups is 1. The Kier molecular flexibility index (Phi) is 6.49. The number of amides is 1. The summed E-state index contributed by atoms with van der Waals surface area (Å²) in [4.78, 5) is 11.8. The molecule has 2 aromatic rings. The quantitative estimate of drug-likeness (QED) is 0.836. The lowest BCUT2D eigenvalue weighted by molar-refractivity contribution is 0.168. The summed E-state index contributed by atoms with van der Waals surface area (Å²) in [6.45, 7) is 4.94. The molecule has 0 saturated carbocycles. The molecule has 0 spiro atoms. The van der Waals surface area contributed by atoms with E-state index in [1.165, 1.54) is 7.11 Å². The van der Waals surface area contributed by atoms with Crippen LogP contribution in [0.1, 0.15) is 31.0 Å². The van der Waals surface area contributed by atoms with Gasteiger partial charge in [-0.2, -0.15) is 0 Å². The molecule has 0 aromatic heterocycles. The second-order valence-corrected chi connectivity index (χ2v) is 5.05. The molecule has 128 valence electrons. The molecule has 2 aromatic carbocycles. The van der Waals surface area contributed by atoms with Gasteiger partial charge in [0.05, 0.1) is 26.4 Å². The van der Waals surface area contributed by atoms with Gasteiger partial charge in [0.2, 0.25) is 0 Å². The highest BCUT2D eigenvalue weighted by molar-refractivity contribution is 5.69. The minimum absolute atomic E-state index is 0.379. The summed E-state index contributed by atoms with van der Waals surface area (Å²) in [5.41, 5.74) is 1.78. The zero-order valence-electron chi connectivity index (χ0n) is 14.2. The van der Waals surface area contributed by atoms with Gasteiger partial charge >= 0.3 is 6.09 Å². The number of benzene rings is 2. The lowest BCUT2D eigenvalue weighted by atomic mass is 9.97. The normalized spacial score (nSPS) is 11.5. The Morgan fingerprint density at radius 2 is 1.75 bits per heavy atom. The van der Waals surface area contributed by atoms with Gasteiger partial charge in [-0.1, -0.05) is 30.3 Å². The van der Waals surface area contributed by atoms with Gasteiger partial charge in [-0.25, -0.2) is 4.79 Å². The minimum atomic E-state index is -0.500. The Balaban J connectivity index is 2.46. The molecule has 0 radical (unpaired) electrons. The number of rotatable bonds is 7. The van der Waals surface area contributed by atoms with Crippen molar-refractivity contribution in [3.05, 3.63) is 59.7 Å². The van der Waals surface area contributed by atoms with E-state index >= 15 is 0 Å². The van der Waals surface area contributed by atoms with Gasteiger partial charge in [0.15, 0.2) is 0 Å². The lowest BCUT2D eigenvalue weighted by Gasteiger charge is -2.22. The summed E-state index contributed by atoms with van der Waals surface area (Å²) in [7, 11) is 1.35. The first-order valence-corrected chi connectivity index (χ1v) is 7.98. The highest BCUT2D eigenvalue weighted by Crippen LogP contribution is 2.33. The van der Waals surface area contributed by atoms with Crippen molar-refractivity contribution >= 4 is 6.09 Å². The van der Waals surface area contributed by atoms with E-state index in [0.717, 1.165) is 16.9 Å². The number of ether oxygens (including phenoxy) is 3. The summed E-state index contributed by atoms with van der Waals surface area (Å²) < 4.78 is 16.1. The van der Waals surface area contributed by atoms with Crippen molar-refractivity contribution in [3.8, 4) is 11.5 Å². The van der Waals surface area contributed by atoms with Crippen molar-refractivity contribution in [2.45, 2.75) is 19.9 Å². The van der Waals surface area contributed by atoms with Crippen molar-refractivity contribution in [1.29, 1.82) is 0 Å². The second-order valence-electron chi connectivity index (χ2n) is 5.05. The van der Waals surface area contributed by atoms with Crippen LogP contribution in [0.5, 0.6) is 11.5 Å². The van der Waals surface area contributed by atoms with E-state index in [-0.39, 0.29) is 6.04 Å². The van der Waals surface area contributed by atoms with E-state index < -0.39 is 6.09 Å². The maximum absolute atomic E-state index is 11.8. The standard InChI is InChI=1S/C19H23NO4/c1-4-23-15-11-12-16(17(13-15)24-5-2)18(20-19(21)22-3)14-9-7-6-8-10-14/h6-13,18H,4-5H2,1-3H3,(H,20,21). The monoisotopic (exact) mass is 329 g/mol. The second kappa shape index (κ2) is 8.82. The molecule has 0 saturated heterocycles. The van der Waals surface area contributed by atoms with E-state index in [9.17, 15) is 4.79 Å². The third-order valence-electron chi connectivity index (χ3n) is 3.49. The molecule has 0 aliphatic rings. The predicted octanol–water partition coefficient (Wildman–Crippen LogP) is 3.93. The van der Waals surface area contributed by atoms with Crippen molar-refractivity contribution in [2.24, 2.45) is 0 Å². The van der Waals surface area contributed by atoms with E-state index in [2.05, 4.69) is 5.32 Å². The molecule has 1 atom stereocenters. The number of nitrogens with one attached hydrogen (secondary N) is 1. The zero-order valence-corrected chi connectivity index (χ0v) is 14.2. The van der Waals surface area contributed by atoms with Crippen LogP contribution in [0.4, 0.5) is 4.79 Å².